The minimum Gasteiger partial charge on any atom is -0.491 e. The fraction of sp³-hybridized carbons (Fsp3) is 0.571. The Morgan fingerprint density at radius 3 is 2.78 bits per heavy atom. The SMILES string of the molecule is CCNC(C)(CO)CC(C)Oc1cccc(F)c1. The van der Waals surface area contributed by atoms with Gasteiger partial charge in [0.1, 0.15) is 11.6 Å². The van der Waals surface area contributed by atoms with Crippen LogP contribution in [-0.2, 0) is 0 Å². The maximum Gasteiger partial charge on any atom is 0.126 e. The average molecular weight is 255 g/mol. The standard InChI is InChI=1S/C14H22FNO2/c1-4-16-14(3,10-17)9-11(2)18-13-7-5-6-12(15)8-13/h5-8,11,16-17H,4,9-10H2,1-3H3. The van der Waals surface area contributed by atoms with Crippen LogP contribution < -0.4 is 10.1 Å². The lowest BCUT2D eigenvalue weighted by Gasteiger charge is -2.31. The molecule has 0 bridgehead atoms. The molecule has 0 heterocycles. The van der Waals surface area contributed by atoms with Gasteiger partial charge in [0, 0.05) is 18.0 Å². The summed E-state index contributed by atoms with van der Waals surface area (Å²) >= 11 is 0. The fourth-order valence-corrected chi connectivity index (χ4v) is 2.07. The number of halogens is 1. The molecule has 1 aromatic carbocycles. The minimum absolute atomic E-state index is 0.0394. The smallest absolute Gasteiger partial charge is 0.126 e. The molecular weight excluding hydrogens is 233 g/mol. The van der Waals surface area contributed by atoms with E-state index in [1.165, 1.54) is 12.1 Å². The molecule has 1 rings (SSSR count). The van der Waals surface area contributed by atoms with Crippen molar-refractivity contribution in [3.05, 3.63) is 30.1 Å². The summed E-state index contributed by atoms with van der Waals surface area (Å²) in [6.07, 6.45) is 0.538. The molecule has 0 radical (unpaired) electrons. The molecule has 0 fully saturated rings. The molecule has 18 heavy (non-hydrogen) atoms. The van der Waals surface area contributed by atoms with Gasteiger partial charge in [-0.05, 0) is 32.5 Å². The summed E-state index contributed by atoms with van der Waals surface area (Å²) in [4.78, 5) is 0. The Morgan fingerprint density at radius 1 is 1.50 bits per heavy atom. The first-order valence-corrected chi connectivity index (χ1v) is 6.27. The zero-order valence-corrected chi connectivity index (χ0v) is 11.2. The second kappa shape index (κ2) is 6.71. The van der Waals surface area contributed by atoms with E-state index in [-0.39, 0.29) is 24.1 Å². The van der Waals surface area contributed by atoms with Crippen molar-refractivity contribution in [3.8, 4) is 5.75 Å². The third-order valence-electron chi connectivity index (χ3n) is 2.82. The van der Waals surface area contributed by atoms with Crippen LogP contribution in [0.2, 0.25) is 0 Å². The Labute approximate surface area is 108 Å². The molecule has 4 heteroatoms. The predicted molar refractivity (Wildman–Crippen MR) is 70.3 cm³/mol. The van der Waals surface area contributed by atoms with Gasteiger partial charge in [-0.2, -0.15) is 0 Å². The molecule has 0 aliphatic carbocycles. The van der Waals surface area contributed by atoms with Gasteiger partial charge in [0.05, 0.1) is 12.7 Å². The molecule has 1 aromatic rings. The summed E-state index contributed by atoms with van der Waals surface area (Å²) in [5, 5.41) is 12.6. The molecule has 0 saturated carbocycles. The van der Waals surface area contributed by atoms with Crippen LogP contribution in [0.1, 0.15) is 27.2 Å². The predicted octanol–water partition coefficient (Wildman–Crippen LogP) is 2.34. The first-order valence-electron chi connectivity index (χ1n) is 6.27. The summed E-state index contributed by atoms with van der Waals surface area (Å²) in [5.41, 5.74) is -0.374. The summed E-state index contributed by atoms with van der Waals surface area (Å²) in [5.74, 6) is 0.204. The van der Waals surface area contributed by atoms with Gasteiger partial charge in [-0.3, -0.25) is 0 Å². The number of nitrogens with one attached hydrogen (secondary N) is 1. The lowest BCUT2D eigenvalue weighted by molar-refractivity contribution is 0.111. The van der Waals surface area contributed by atoms with Crippen LogP contribution in [0.25, 0.3) is 0 Å². The van der Waals surface area contributed by atoms with Gasteiger partial charge >= 0.3 is 0 Å². The number of benzene rings is 1. The molecule has 0 spiro atoms. The lowest BCUT2D eigenvalue weighted by Crippen LogP contribution is -2.48. The van der Waals surface area contributed by atoms with Gasteiger partial charge in [0.2, 0.25) is 0 Å². The Morgan fingerprint density at radius 2 is 2.22 bits per heavy atom. The van der Waals surface area contributed by atoms with E-state index in [0.717, 1.165) is 6.54 Å². The highest BCUT2D eigenvalue weighted by Crippen LogP contribution is 2.19. The second-order valence-corrected chi connectivity index (χ2v) is 4.84. The number of rotatable bonds is 7. The molecule has 0 aliphatic heterocycles. The van der Waals surface area contributed by atoms with E-state index in [9.17, 15) is 9.50 Å². The normalized spacial score (nSPS) is 16.1. The number of aliphatic hydroxyl groups excluding tert-OH is 1. The monoisotopic (exact) mass is 255 g/mol. The van der Waals surface area contributed by atoms with E-state index in [0.29, 0.717) is 12.2 Å². The highest BCUT2D eigenvalue weighted by Gasteiger charge is 2.25. The third kappa shape index (κ3) is 4.63. The maximum absolute atomic E-state index is 13.0. The zero-order valence-electron chi connectivity index (χ0n) is 11.2. The first kappa shape index (κ1) is 14.9. The number of hydrogen-bond donors (Lipinski definition) is 2. The topological polar surface area (TPSA) is 41.5 Å². The summed E-state index contributed by atoms with van der Waals surface area (Å²) < 4.78 is 18.7. The van der Waals surface area contributed by atoms with E-state index in [4.69, 9.17) is 4.74 Å². The van der Waals surface area contributed by atoms with Crippen molar-refractivity contribution < 1.29 is 14.2 Å². The minimum atomic E-state index is -0.374. The van der Waals surface area contributed by atoms with Crippen LogP contribution in [0.15, 0.2) is 24.3 Å². The molecule has 102 valence electrons. The number of likely N-dealkylation sites (N-methyl/N-ethyl adjacent to an activating group) is 1. The highest BCUT2D eigenvalue weighted by molar-refractivity contribution is 5.22. The van der Waals surface area contributed by atoms with Gasteiger partial charge in [0.15, 0.2) is 0 Å². The van der Waals surface area contributed by atoms with Gasteiger partial charge in [-0.15, -0.1) is 0 Å². The van der Waals surface area contributed by atoms with Crippen molar-refractivity contribution in [1.82, 2.24) is 5.32 Å². The van der Waals surface area contributed by atoms with Crippen LogP contribution in [0.5, 0.6) is 5.75 Å². The highest BCUT2D eigenvalue weighted by atomic mass is 19.1. The Bertz CT molecular complexity index is 373. The number of aliphatic hydroxyl groups is 1. The van der Waals surface area contributed by atoms with Crippen molar-refractivity contribution in [2.45, 2.75) is 38.8 Å². The number of ether oxygens (including phenoxy) is 1. The molecular formula is C14H22FNO2. The van der Waals surface area contributed by atoms with Crippen LogP contribution in [0.4, 0.5) is 4.39 Å². The van der Waals surface area contributed by atoms with E-state index in [2.05, 4.69) is 5.32 Å². The van der Waals surface area contributed by atoms with E-state index in [1.807, 2.05) is 20.8 Å². The Balaban J connectivity index is 2.57. The van der Waals surface area contributed by atoms with Gasteiger partial charge < -0.3 is 15.2 Å². The lowest BCUT2D eigenvalue weighted by atomic mass is 9.95. The zero-order chi connectivity index (χ0) is 13.6. The van der Waals surface area contributed by atoms with Gasteiger partial charge in [0.25, 0.3) is 0 Å². The molecule has 3 nitrogen and oxygen atoms in total. The summed E-state index contributed by atoms with van der Waals surface area (Å²) in [7, 11) is 0. The van der Waals surface area contributed by atoms with Crippen molar-refractivity contribution in [1.29, 1.82) is 0 Å². The molecule has 0 aliphatic rings. The first-order chi connectivity index (χ1) is 8.49. The summed E-state index contributed by atoms with van der Waals surface area (Å²) in [6, 6.07) is 6.09. The van der Waals surface area contributed by atoms with E-state index >= 15 is 0 Å². The van der Waals surface area contributed by atoms with Crippen molar-refractivity contribution >= 4 is 0 Å². The maximum atomic E-state index is 13.0. The van der Waals surface area contributed by atoms with Crippen LogP contribution >= 0.6 is 0 Å². The third-order valence-corrected chi connectivity index (χ3v) is 2.82. The van der Waals surface area contributed by atoms with E-state index < -0.39 is 0 Å². The molecule has 2 atom stereocenters. The van der Waals surface area contributed by atoms with Gasteiger partial charge in [-0.25, -0.2) is 4.39 Å². The summed E-state index contributed by atoms with van der Waals surface area (Å²) in [6.45, 7) is 6.67. The van der Waals surface area contributed by atoms with Crippen LogP contribution in [-0.4, -0.2) is 29.9 Å². The Hall–Kier alpha value is -1.13. The quantitative estimate of drug-likeness (QED) is 0.786. The molecule has 2 N–H and O–H groups in total. The van der Waals surface area contributed by atoms with Crippen molar-refractivity contribution in [3.63, 3.8) is 0 Å². The number of hydrogen-bond acceptors (Lipinski definition) is 3. The van der Waals surface area contributed by atoms with Gasteiger partial charge in [-0.1, -0.05) is 13.0 Å². The molecule has 2 unspecified atom stereocenters. The molecule has 0 amide bonds. The second-order valence-electron chi connectivity index (χ2n) is 4.84. The van der Waals surface area contributed by atoms with E-state index in [1.54, 1.807) is 12.1 Å². The van der Waals surface area contributed by atoms with Crippen molar-refractivity contribution in [2.24, 2.45) is 0 Å². The van der Waals surface area contributed by atoms with Crippen LogP contribution in [0.3, 0.4) is 0 Å². The average Bonchev–Trinajstić information content (AvgIpc) is 2.29. The Kier molecular flexibility index (Phi) is 5.56. The fourth-order valence-electron chi connectivity index (χ4n) is 2.07. The molecule has 0 saturated heterocycles. The molecule has 0 aromatic heterocycles. The van der Waals surface area contributed by atoms with Crippen molar-refractivity contribution in [2.75, 3.05) is 13.2 Å². The van der Waals surface area contributed by atoms with Crippen LogP contribution in [0, 0.1) is 5.82 Å². The largest absolute Gasteiger partial charge is 0.491 e.